The third-order valence-electron chi connectivity index (χ3n) is 3.75. The Kier molecular flexibility index (Phi) is 4.58. The molecule has 5 heteroatoms. The maximum Gasteiger partial charge on any atom is 0.307 e. The minimum absolute atomic E-state index is 0.0273. The number of carbonyl (C=O) groups is 2. The van der Waals surface area contributed by atoms with Crippen molar-refractivity contribution in [3.05, 3.63) is 22.4 Å². The van der Waals surface area contributed by atoms with E-state index in [4.69, 9.17) is 0 Å². The minimum Gasteiger partial charge on any atom is -0.481 e. The topological polar surface area (TPSA) is 57.6 Å². The van der Waals surface area contributed by atoms with Crippen molar-refractivity contribution in [3.63, 3.8) is 0 Å². The molecule has 1 aliphatic rings. The molecular weight excluding hydrogens is 262 g/mol. The standard InChI is InChI=1S/C14H19NO3S/c1-15(9-10-5-4-8-19-10)13(16)11-6-2-3-7-12(11)14(17)18/h4-5,8,11-12H,2-3,6-7,9H2,1H3,(H,17,18)/t11-,12+/m1/s1. The Balaban J connectivity index is 2.02. The zero-order valence-corrected chi connectivity index (χ0v) is 11.9. The Morgan fingerprint density at radius 1 is 1.37 bits per heavy atom. The van der Waals surface area contributed by atoms with E-state index in [1.54, 1.807) is 23.3 Å². The Labute approximate surface area is 117 Å². The van der Waals surface area contributed by atoms with Crippen LogP contribution in [0, 0.1) is 11.8 Å². The first-order valence-corrected chi connectivity index (χ1v) is 7.47. The van der Waals surface area contributed by atoms with Crippen LogP contribution in [0.25, 0.3) is 0 Å². The van der Waals surface area contributed by atoms with E-state index in [0.717, 1.165) is 17.7 Å². The molecule has 1 heterocycles. The van der Waals surface area contributed by atoms with Gasteiger partial charge in [0.1, 0.15) is 0 Å². The molecule has 0 unspecified atom stereocenters. The van der Waals surface area contributed by atoms with Gasteiger partial charge in [0.2, 0.25) is 5.91 Å². The lowest BCUT2D eigenvalue weighted by Crippen LogP contribution is -2.40. The van der Waals surface area contributed by atoms with Crippen LogP contribution < -0.4 is 0 Å². The highest BCUT2D eigenvalue weighted by Gasteiger charge is 2.37. The predicted octanol–water partition coefficient (Wildman–Crippen LogP) is 2.60. The number of carboxylic acid groups (broad SMARTS) is 1. The molecule has 1 fully saturated rings. The molecule has 19 heavy (non-hydrogen) atoms. The maximum atomic E-state index is 12.4. The average Bonchev–Trinajstić information content (AvgIpc) is 2.90. The maximum absolute atomic E-state index is 12.4. The van der Waals surface area contributed by atoms with E-state index >= 15 is 0 Å². The number of hydrogen-bond donors (Lipinski definition) is 1. The summed E-state index contributed by atoms with van der Waals surface area (Å²) in [7, 11) is 1.76. The van der Waals surface area contributed by atoms with Gasteiger partial charge in [-0.05, 0) is 24.3 Å². The first-order valence-electron chi connectivity index (χ1n) is 6.59. The fourth-order valence-electron chi connectivity index (χ4n) is 2.72. The van der Waals surface area contributed by atoms with Gasteiger partial charge in [-0.1, -0.05) is 18.9 Å². The van der Waals surface area contributed by atoms with Crippen molar-refractivity contribution in [2.24, 2.45) is 11.8 Å². The van der Waals surface area contributed by atoms with Gasteiger partial charge in [-0.25, -0.2) is 0 Å². The van der Waals surface area contributed by atoms with Crippen LogP contribution in [0.4, 0.5) is 0 Å². The van der Waals surface area contributed by atoms with Gasteiger partial charge in [-0.15, -0.1) is 11.3 Å². The van der Waals surface area contributed by atoms with E-state index in [1.165, 1.54) is 0 Å². The van der Waals surface area contributed by atoms with Crippen molar-refractivity contribution < 1.29 is 14.7 Å². The SMILES string of the molecule is CN(Cc1cccs1)C(=O)[C@@H]1CCCC[C@@H]1C(=O)O. The van der Waals surface area contributed by atoms with Gasteiger partial charge in [-0.3, -0.25) is 9.59 Å². The first-order chi connectivity index (χ1) is 9.09. The lowest BCUT2D eigenvalue weighted by molar-refractivity contribution is -0.152. The number of amides is 1. The molecule has 2 rings (SSSR count). The van der Waals surface area contributed by atoms with E-state index in [0.29, 0.717) is 19.4 Å². The zero-order valence-electron chi connectivity index (χ0n) is 11.0. The predicted molar refractivity (Wildman–Crippen MR) is 73.9 cm³/mol. The van der Waals surface area contributed by atoms with Crippen molar-refractivity contribution in [1.82, 2.24) is 4.90 Å². The highest BCUT2D eigenvalue weighted by atomic mass is 32.1. The van der Waals surface area contributed by atoms with Gasteiger partial charge in [-0.2, -0.15) is 0 Å². The first kappa shape index (κ1) is 14.1. The fourth-order valence-corrected chi connectivity index (χ4v) is 3.48. The lowest BCUT2D eigenvalue weighted by Gasteiger charge is -2.30. The van der Waals surface area contributed by atoms with E-state index in [9.17, 15) is 14.7 Å². The fraction of sp³-hybridized carbons (Fsp3) is 0.571. The summed E-state index contributed by atoms with van der Waals surface area (Å²) in [5.74, 6) is -1.72. The smallest absolute Gasteiger partial charge is 0.307 e. The highest BCUT2D eigenvalue weighted by Crippen LogP contribution is 2.32. The van der Waals surface area contributed by atoms with Gasteiger partial charge >= 0.3 is 5.97 Å². The number of aliphatic carboxylic acids is 1. The van der Waals surface area contributed by atoms with Gasteiger partial charge < -0.3 is 10.0 Å². The second-order valence-corrected chi connectivity index (χ2v) is 6.14. The summed E-state index contributed by atoms with van der Waals surface area (Å²) < 4.78 is 0. The summed E-state index contributed by atoms with van der Waals surface area (Å²) >= 11 is 1.61. The van der Waals surface area contributed by atoms with Crippen LogP contribution in [0.5, 0.6) is 0 Å². The molecule has 1 saturated carbocycles. The van der Waals surface area contributed by atoms with E-state index < -0.39 is 11.9 Å². The molecule has 0 bridgehead atoms. The number of rotatable bonds is 4. The Morgan fingerprint density at radius 3 is 2.63 bits per heavy atom. The number of carbonyl (C=O) groups excluding carboxylic acids is 1. The molecule has 2 atom stereocenters. The van der Waals surface area contributed by atoms with Crippen molar-refractivity contribution >= 4 is 23.2 Å². The van der Waals surface area contributed by atoms with Crippen molar-refractivity contribution in [1.29, 1.82) is 0 Å². The van der Waals surface area contributed by atoms with Crippen LogP contribution in [0.1, 0.15) is 30.6 Å². The molecule has 0 aliphatic heterocycles. The normalized spacial score (nSPS) is 23.0. The third kappa shape index (κ3) is 3.35. The van der Waals surface area contributed by atoms with Crippen LogP contribution in [0.15, 0.2) is 17.5 Å². The molecule has 1 aromatic rings. The van der Waals surface area contributed by atoms with E-state index in [-0.39, 0.29) is 11.8 Å². The Hall–Kier alpha value is -1.36. The third-order valence-corrected chi connectivity index (χ3v) is 4.61. The number of carboxylic acids is 1. The van der Waals surface area contributed by atoms with Crippen molar-refractivity contribution in [2.45, 2.75) is 32.2 Å². The largest absolute Gasteiger partial charge is 0.481 e. The zero-order chi connectivity index (χ0) is 13.8. The molecular formula is C14H19NO3S. The molecule has 1 N–H and O–H groups in total. The Bertz CT molecular complexity index is 444. The van der Waals surface area contributed by atoms with Crippen molar-refractivity contribution in [2.75, 3.05) is 7.05 Å². The number of thiophene rings is 1. The van der Waals surface area contributed by atoms with Crippen LogP contribution in [0.2, 0.25) is 0 Å². The summed E-state index contributed by atoms with van der Waals surface area (Å²) in [4.78, 5) is 26.4. The second kappa shape index (κ2) is 6.19. The van der Waals surface area contributed by atoms with Gasteiger partial charge in [0.25, 0.3) is 0 Å². The van der Waals surface area contributed by atoms with E-state index in [1.807, 2.05) is 17.5 Å². The minimum atomic E-state index is -0.831. The number of hydrogen-bond acceptors (Lipinski definition) is 3. The van der Waals surface area contributed by atoms with E-state index in [2.05, 4.69) is 0 Å². The molecule has 0 radical (unpaired) electrons. The van der Waals surface area contributed by atoms with Gasteiger partial charge in [0.05, 0.1) is 18.4 Å². The molecule has 1 amide bonds. The van der Waals surface area contributed by atoms with Crippen LogP contribution in [-0.4, -0.2) is 28.9 Å². The molecule has 0 aromatic carbocycles. The lowest BCUT2D eigenvalue weighted by atomic mass is 9.78. The van der Waals surface area contributed by atoms with Gasteiger partial charge in [0, 0.05) is 11.9 Å². The van der Waals surface area contributed by atoms with Gasteiger partial charge in [0.15, 0.2) is 0 Å². The summed E-state index contributed by atoms with van der Waals surface area (Å²) in [5.41, 5.74) is 0. The number of nitrogens with zero attached hydrogens (tertiary/aromatic N) is 1. The summed E-state index contributed by atoms with van der Waals surface area (Å²) in [6.45, 7) is 0.569. The second-order valence-electron chi connectivity index (χ2n) is 5.11. The summed E-state index contributed by atoms with van der Waals surface area (Å²) in [5, 5.41) is 11.2. The van der Waals surface area contributed by atoms with Crippen LogP contribution in [-0.2, 0) is 16.1 Å². The molecule has 1 aliphatic carbocycles. The average molecular weight is 281 g/mol. The van der Waals surface area contributed by atoms with Crippen LogP contribution in [0.3, 0.4) is 0 Å². The highest BCUT2D eigenvalue weighted by molar-refractivity contribution is 7.09. The molecule has 1 aromatic heterocycles. The molecule has 4 nitrogen and oxygen atoms in total. The quantitative estimate of drug-likeness (QED) is 0.923. The molecule has 0 saturated heterocycles. The molecule has 0 spiro atoms. The van der Waals surface area contributed by atoms with Crippen molar-refractivity contribution in [3.8, 4) is 0 Å². The summed E-state index contributed by atoms with van der Waals surface area (Å²) in [6.07, 6.45) is 3.19. The van der Waals surface area contributed by atoms with Crippen LogP contribution >= 0.6 is 11.3 Å². The molecule has 104 valence electrons. The summed E-state index contributed by atoms with van der Waals surface area (Å²) in [6, 6.07) is 3.95. The Morgan fingerprint density at radius 2 is 2.05 bits per heavy atom. The monoisotopic (exact) mass is 281 g/mol.